The van der Waals surface area contributed by atoms with Crippen LogP contribution < -0.4 is 5.73 Å². The SMILES string of the molecule is Nc1cc(Cl)ccc1C(=O)OCCc1ccncc1. The molecule has 4 nitrogen and oxygen atoms in total. The van der Waals surface area contributed by atoms with Crippen molar-refractivity contribution in [1.29, 1.82) is 0 Å². The number of anilines is 1. The monoisotopic (exact) mass is 276 g/mol. The molecule has 0 amide bonds. The maximum atomic E-state index is 11.8. The van der Waals surface area contributed by atoms with E-state index in [-0.39, 0.29) is 0 Å². The first kappa shape index (κ1) is 13.4. The molecule has 0 bridgehead atoms. The molecule has 2 aromatic rings. The molecular weight excluding hydrogens is 264 g/mol. The van der Waals surface area contributed by atoms with Crippen LogP contribution in [0.5, 0.6) is 0 Å². The Morgan fingerprint density at radius 3 is 2.68 bits per heavy atom. The Labute approximate surface area is 116 Å². The standard InChI is InChI=1S/C14H13ClN2O2/c15-11-1-2-12(13(16)9-11)14(18)19-8-5-10-3-6-17-7-4-10/h1-4,6-7,9H,5,8,16H2. The van der Waals surface area contributed by atoms with E-state index >= 15 is 0 Å². The van der Waals surface area contributed by atoms with Crippen LogP contribution in [-0.4, -0.2) is 17.6 Å². The van der Waals surface area contributed by atoms with Crippen LogP contribution in [0.15, 0.2) is 42.7 Å². The second-order valence-electron chi connectivity index (χ2n) is 3.97. The summed E-state index contributed by atoms with van der Waals surface area (Å²) >= 11 is 5.77. The summed E-state index contributed by atoms with van der Waals surface area (Å²) in [4.78, 5) is 15.7. The van der Waals surface area contributed by atoms with Crippen LogP contribution in [0, 0.1) is 0 Å². The lowest BCUT2D eigenvalue weighted by Crippen LogP contribution is -2.10. The fourth-order valence-electron chi connectivity index (χ4n) is 1.61. The minimum Gasteiger partial charge on any atom is -0.462 e. The van der Waals surface area contributed by atoms with Gasteiger partial charge in [0.1, 0.15) is 0 Å². The zero-order valence-corrected chi connectivity index (χ0v) is 10.9. The summed E-state index contributed by atoms with van der Waals surface area (Å²) in [5.74, 6) is -0.441. The van der Waals surface area contributed by atoms with E-state index in [9.17, 15) is 4.79 Å². The van der Waals surface area contributed by atoms with Gasteiger partial charge in [-0.2, -0.15) is 0 Å². The highest BCUT2D eigenvalue weighted by Crippen LogP contribution is 2.18. The molecule has 0 fully saturated rings. The molecule has 0 saturated carbocycles. The number of nitrogen functional groups attached to an aromatic ring is 1. The Bertz CT molecular complexity index is 573. The van der Waals surface area contributed by atoms with Crippen LogP contribution in [0.4, 0.5) is 5.69 Å². The van der Waals surface area contributed by atoms with E-state index in [1.54, 1.807) is 24.5 Å². The number of nitrogens with two attached hydrogens (primary N) is 1. The molecule has 0 spiro atoms. The Kier molecular flexibility index (Phi) is 4.36. The maximum Gasteiger partial charge on any atom is 0.340 e. The summed E-state index contributed by atoms with van der Waals surface area (Å²) < 4.78 is 5.17. The van der Waals surface area contributed by atoms with E-state index in [1.165, 1.54) is 6.07 Å². The van der Waals surface area contributed by atoms with Crippen molar-refractivity contribution in [2.75, 3.05) is 12.3 Å². The van der Waals surface area contributed by atoms with Crippen molar-refractivity contribution in [2.45, 2.75) is 6.42 Å². The average Bonchev–Trinajstić information content (AvgIpc) is 2.39. The van der Waals surface area contributed by atoms with Gasteiger partial charge in [-0.25, -0.2) is 4.79 Å². The lowest BCUT2D eigenvalue weighted by atomic mass is 10.2. The fraction of sp³-hybridized carbons (Fsp3) is 0.143. The van der Waals surface area contributed by atoms with E-state index in [2.05, 4.69) is 4.98 Å². The number of hydrogen-bond donors (Lipinski definition) is 1. The van der Waals surface area contributed by atoms with E-state index in [0.717, 1.165) is 5.56 Å². The average molecular weight is 277 g/mol. The molecular formula is C14H13ClN2O2. The Balaban J connectivity index is 1.91. The van der Waals surface area contributed by atoms with Crippen LogP contribution >= 0.6 is 11.6 Å². The van der Waals surface area contributed by atoms with Gasteiger partial charge in [0.05, 0.1) is 12.2 Å². The molecule has 0 aliphatic carbocycles. The van der Waals surface area contributed by atoms with Crippen molar-refractivity contribution >= 4 is 23.3 Å². The van der Waals surface area contributed by atoms with Crippen molar-refractivity contribution in [1.82, 2.24) is 4.98 Å². The van der Waals surface area contributed by atoms with E-state index in [1.807, 2.05) is 12.1 Å². The highest BCUT2D eigenvalue weighted by atomic mass is 35.5. The summed E-state index contributed by atoms with van der Waals surface area (Å²) in [6.07, 6.45) is 4.05. The number of nitrogens with zero attached hydrogens (tertiary/aromatic N) is 1. The van der Waals surface area contributed by atoms with E-state index in [0.29, 0.717) is 29.3 Å². The molecule has 1 aromatic heterocycles. The number of benzene rings is 1. The Hall–Kier alpha value is -2.07. The van der Waals surface area contributed by atoms with Gasteiger partial charge in [-0.05, 0) is 35.9 Å². The van der Waals surface area contributed by atoms with E-state index < -0.39 is 5.97 Å². The molecule has 1 heterocycles. The molecule has 0 saturated heterocycles. The predicted octanol–water partition coefficient (Wildman–Crippen LogP) is 2.72. The molecule has 0 radical (unpaired) electrons. The zero-order chi connectivity index (χ0) is 13.7. The van der Waals surface area contributed by atoms with Crippen LogP contribution in [0.1, 0.15) is 15.9 Å². The zero-order valence-electron chi connectivity index (χ0n) is 10.2. The third kappa shape index (κ3) is 3.69. The molecule has 5 heteroatoms. The topological polar surface area (TPSA) is 65.2 Å². The minimum absolute atomic E-state index is 0.297. The van der Waals surface area contributed by atoms with Gasteiger partial charge in [-0.3, -0.25) is 4.98 Å². The van der Waals surface area contributed by atoms with Crippen molar-refractivity contribution in [3.05, 3.63) is 58.9 Å². The van der Waals surface area contributed by atoms with Crippen LogP contribution in [-0.2, 0) is 11.2 Å². The van der Waals surface area contributed by atoms with Crippen molar-refractivity contribution in [2.24, 2.45) is 0 Å². The lowest BCUT2D eigenvalue weighted by molar-refractivity contribution is 0.0510. The maximum absolute atomic E-state index is 11.8. The molecule has 1 aromatic carbocycles. The summed E-state index contributed by atoms with van der Waals surface area (Å²) in [5, 5.41) is 0.492. The van der Waals surface area contributed by atoms with Crippen LogP contribution in [0.3, 0.4) is 0 Å². The molecule has 98 valence electrons. The van der Waals surface area contributed by atoms with Crippen molar-refractivity contribution in [3.63, 3.8) is 0 Å². The summed E-state index contributed by atoms with van der Waals surface area (Å²) in [6, 6.07) is 8.46. The van der Waals surface area contributed by atoms with E-state index in [4.69, 9.17) is 22.1 Å². The summed E-state index contributed by atoms with van der Waals surface area (Å²) in [5.41, 5.74) is 7.43. The fourth-order valence-corrected chi connectivity index (χ4v) is 1.79. The van der Waals surface area contributed by atoms with Gasteiger partial charge in [-0.1, -0.05) is 11.6 Å². The van der Waals surface area contributed by atoms with Gasteiger partial charge in [0.15, 0.2) is 0 Å². The molecule has 0 aliphatic heterocycles. The highest BCUT2D eigenvalue weighted by molar-refractivity contribution is 6.31. The third-order valence-corrected chi connectivity index (χ3v) is 2.84. The Morgan fingerprint density at radius 2 is 2.00 bits per heavy atom. The highest BCUT2D eigenvalue weighted by Gasteiger charge is 2.11. The molecule has 2 N–H and O–H groups in total. The first-order chi connectivity index (χ1) is 9.16. The molecule has 19 heavy (non-hydrogen) atoms. The molecule has 2 rings (SSSR count). The predicted molar refractivity (Wildman–Crippen MR) is 74.1 cm³/mol. The van der Waals surface area contributed by atoms with Gasteiger partial charge in [0.2, 0.25) is 0 Å². The first-order valence-corrected chi connectivity index (χ1v) is 6.15. The first-order valence-electron chi connectivity index (χ1n) is 5.78. The lowest BCUT2D eigenvalue weighted by Gasteiger charge is -2.07. The Morgan fingerprint density at radius 1 is 1.26 bits per heavy atom. The van der Waals surface area contributed by atoms with Crippen molar-refractivity contribution in [3.8, 4) is 0 Å². The second kappa shape index (κ2) is 6.20. The number of esters is 1. The number of ether oxygens (including phenoxy) is 1. The normalized spacial score (nSPS) is 10.2. The number of carbonyl (C=O) groups excluding carboxylic acids is 1. The van der Waals surface area contributed by atoms with Gasteiger partial charge in [-0.15, -0.1) is 0 Å². The number of halogens is 1. The van der Waals surface area contributed by atoms with Gasteiger partial charge < -0.3 is 10.5 Å². The quantitative estimate of drug-likeness (QED) is 0.689. The summed E-state index contributed by atoms with van der Waals surface area (Å²) in [6.45, 7) is 0.297. The van der Waals surface area contributed by atoms with Gasteiger partial charge >= 0.3 is 5.97 Å². The smallest absolute Gasteiger partial charge is 0.340 e. The number of pyridine rings is 1. The number of rotatable bonds is 4. The molecule has 0 atom stereocenters. The van der Waals surface area contributed by atoms with Crippen LogP contribution in [0.2, 0.25) is 5.02 Å². The number of hydrogen-bond acceptors (Lipinski definition) is 4. The third-order valence-electron chi connectivity index (χ3n) is 2.61. The largest absolute Gasteiger partial charge is 0.462 e. The number of aromatic nitrogens is 1. The summed E-state index contributed by atoms with van der Waals surface area (Å²) in [7, 11) is 0. The molecule has 0 aliphatic rings. The van der Waals surface area contributed by atoms with Crippen LogP contribution in [0.25, 0.3) is 0 Å². The molecule has 0 unspecified atom stereocenters. The minimum atomic E-state index is -0.441. The van der Waals surface area contributed by atoms with Gasteiger partial charge in [0.25, 0.3) is 0 Å². The second-order valence-corrected chi connectivity index (χ2v) is 4.41. The van der Waals surface area contributed by atoms with Crippen molar-refractivity contribution < 1.29 is 9.53 Å². The number of carbonyl (C=O) groups is 1. The van der Waals surface area contributed by atoms with Gasteiger partial charge in [0, 0.05) is 29.5 Å².